The second-order valence-corrected chi connectivity index (χ2v) is 9.91. The number of hydrogen-bond acceptors (Lipinski definition) is 7. The van der Waals surface area contributed by atoms with Crippen LogP contribution in [0, 0.1) is 11.7 Å². The van der Waals surface area contributed by atoms with E-state index in [9.17, 15) is 17.6 Å². The molecule has 1 aromatic carbocycles. The smallest absolute Gasteiger partial charge is 0.249 e. The maximum atomic E-state index is 13.1. The van der Waals surface area contributed by atoms with Crippen LogP contribution in [-0.4, -0.2) is 47.3 Å². The third-order valence-electron chi connectivity index (χ3n) is 5.03. The van der Waals surface area contributed by atoms with E-state index in [2.05, 4.69) is 20.4 Å². The minimum atomic E-state index is -3.76. The number of rotatable bonds is 10. The van der Waals surface area contributed by atoms with Crippen LogP contribution in [0.4, 0.5) is 4.39 Å². The predicted molar refractivity (Wildman–Crippen MR) is 119 cm³/mol. The van der Waals surface area contributed by atoms with E-state index in [0.29, 0.717) is 18.1 Å². The van der Waals surface area contributed by atoms with Gasteiger partial charge in [0.2, 0.25) is 27.6 Å². The lowest BCUT2D eigenvalue weighted by Gasteiger charge is -2.19. The first-order valence-corrected chi connectivity index (χ1v) is 11.9. The van der Waals surface area contributed by atoms with Gasteiger partial charge in [-0.2, -0.15) is 4.98 Å². The van der Waals surface area contributed by atoms with Crippen molar-refractivity contribution < 1.29 is 22.1 Å². The summed E-state index contributed by atoms with van der Waals surface area (Å²) in [5, 5.41) is 6.87. The quantitative estimate of drug-likeness (QED) is 0.478. The van der Waals surface area contributed by atoms with E-state index in [4.69, 9.17) is 4.52 Å². The highest BCUT2D eigenvalue weighted by Crippen LogP contribution is 2.23. The highest BCUT2D eigenvalue weighted by Gasteiger charge is 2.25. The molecule has 3 rings (SSSR count). The number of hydrogen-bond donors (Lipinski definition) is 1. The van der Waals surface area contributed by atoms with Crippen molar-refractivity contribution in [2.75, 3.05) is 13.6 Å². The van der Waals surface area contributed by atoms with Crippen molar-refractivity contribution in [1.29, 1.82) is 0 Å². The van der Waals surface area contributed by atoms with Gasteiger partial charge in [-0.05, 0) is 48.7 Å². The first-order chi connectivity index (χ1) is 15.7. The van der Waals surface area contributed by atoms with Crippen LogP contribution in [0.5, 0.6) is 0 Å². The van der Waals surface area contributed by atoms with Gasteiger partial charge in [-0.25, -0.2) is 17.1 Å². The fourth-order valence-corrected chi connectivity index (χ4v) is 4.32. The van der Waals surface area contributed by atoms with Gasteiger partial charge in [-0.3, -0.25) is 9.78 Å². The van der Waals surface area contributed by atoms with Crippen LogP contribution < -0.4 is 5.32 Å². The zero-order chi connectivity index (χ0) is 24.0. The molecule has 1 N–H and O–H groups in total. The molecule has 176 valence electrons. The maximum Gasteiger partial charge on any atom is 0.249 e. The van der Waals surface area contributed by atoms with E-state index < -0.39 is 21.9 Å². The average molecular weight is 476 g/mol. The minimum Gasteiger partial charge on any atom is -0.344 e. The topological polar surface area (TPSA) is 118 Å². The van der Waals surface area contributed by atoms with Crippen LogP contribution >= 0.6 is 0 Å². The van der Waals surface area contributed by atoms with E-state index in [1.807, 2.05) is 13.8 Å². The number of aromatic nitrogens is 3. The summed E-state index contributed by atoms with van der Waals surface area (Å²) in [6.07, 6.45) is 3.66. The zero-order valence-electron chi connectivity index (χ0n) is 18.6. The summed E-state index contributed by atoms with van der Waals surface area (Å²) < 4.78 is 44.7. The Balaban J connectivity index is 1.56. The molecule has 2 heterocycles. The summed E-state index contributed by atoms with van der Waals surface area (Å²) in [7, 11) is -2.34. The Morgan fingerprint density at radius 2 is 1.82 bits per heavy atom. The largest absolute Gasteiger partial charge is 0.344 e. The van der Waals surface area contributed by atoms with E-state index in [1.54, 1.807) is 24.5 Å². The van der Waals surface area contributed by atoms with Gasteiger partial charge >= 0.3 is 0 Å². The first kappa shape index (κ1) is 24.5. The highest BCUT2D eigenvalue weighted by atomic mass is 32.2. The molecule has 1 unspecified atom stereocenters. The number of nitrogens with zero attached hydrogens (tertiary/aromatic N) is 4. The lowest BCUT2D eigenvalue weighted by Crippen LogP contribution is -2.33. The molecule has 1 amide bonds. The minimum absolute atomic E-state index is 0.00267. The molecule has 2 aromatic heterocycles. The van der Waals surface area contributed by atoms with Gasteiger partial charge < -0.3 is 9.84 Å². The monoisotopic (exact) mass is 475 g/mol. The van der Waals surface area contributed by atoms with Crippen molar-refractivity contribution in [3.63, 3.8) is 0 Å². The Hall–Kier alpha value is -3.18. The Bertz CT molecular complexity index is 1170. The third kappa shape index (κ3) is 6.20. The molecule has 0 saturated carbocycles. The summed E-state index contributed by atoms with van der Waals surface area (Å²) in [4.78, 5) is 20.9. The molecule has 0 radical (unpaired) electrons. The van der Waals surface area contributed by atoms with Gasteiger partial charge in [0.05, 0.1) is 4.90 Å². The molecule has 0 aliphatic carbocycles. The van der Waals surface area contributed by atoms with Crippen LogP contribution in [0.15, 0.2) is 58.2 Å². The molecule has 3 aromatic rings. The molecule has 1 atom stereocenters. The van der Waals surface area contributed by atoms with E-state index in [1.165, 1.54) is 19.2 Å². The molecule has 0 aliphatic heterocycles. The maximum absolute atomic E-state index is 13.1. The second-order valence-electron chi connectivity index (χ2n) is 7.87. The molecular formula is C22H26FN5O4S. The van der Waals surface area contributed by atoms with E-state index >= 15 is 0 Å². The van der Waals surface area contributed by atoms with Gasteiger partial charge in [0.25, 0.3) is 0 Å². The van der Waals surface area contributed by atoms with Crippen LogP contribution in [0.1, 0.15) is 38.6 Å². The fourth-order valence-electron chi connectivity index (χ4n) is 3.11. The Morgan fingerprint density at radius 1 is 1.15 bits per heavy atom. The Morgan fingerprint density at radius 3 is 2.45 bits per heavy atom. The predicted octanol–water partition coefficient (Wildman–Crippen LogP) is 3.18. The highest BCUT2D eigenvalue weighted by molar-refractivity contribution is 7.89. The second kappa shape index (κ2) is 10.6. The van der Waals surface area contributed by atoms with Crippen molar-refractivity contribution >= 4 is 15.9 Å². The number of carbonyl (C=O) groups excluding carboxylic acids is 1. The third-order valence-corrected chi connectivity index (χ3v) is 6.90. The lowest BCUT2D eigenvalue weighted by molar-refractivity contribution is -0.122. The molecule has 0 saturated heterocycles. The normalized spacial score (nSPS) is 12.8. The molecule has 0 spiro atoms. The number of nitrogens with one attached hydrogen (secondary N) is 1. The Kier molecular flexibility index (Phi) is 7.88. The van der Waals surface area contributed by atoms with Crippen LogP contribution in [0.2, 0.25) is 0 Å². The average Bonchev–Trinajstić information content (AvgIpc) is 3.28. The van der Waals surface area contributed by atoms with Crippen LogP contribution in [0.3, 0.4) is 0 Å². The molecule has 0 aliphatic rings. The molecular weight excluding hydrogens is 449 g/mol. The number of amides is 1. The van der Waals surface area contributed by atoms with Crippen molar-refractivity contribution in [1.82, 2.24) is 24.7 Å². The van der Waals surface area contributed by atoms with Crippen LogP contribution in [0.25, 0.3) is 11.4 Å². The molecule has 33 heavy (non-hydrogen) atoms. The van der Waals surface area contributed by atoms with Gasteiger partial charge in [0.1, 0.15) is 11.9 Å². The number of halogens is 1. The molecule has 0 fully saturated rings. The molecule has 0 bridgehead atoms. The molecule has 11 heteroatoms. The summed E-state index contributed by atoms with van der Waals surface area (Å²) in [6, 6.07) is 7.65. The summed E-state index contributed by atoms with van der Waals surface area (Å²) in [6.45, 7) is 3.97. The van der Waals surface area contributed by atoms with Gasteiger partial charge in [0.15, 0.2) is 0 Å². The van der Waals surface area contributed by atoms with Crippen molar-refractivity contribution in [2.24, 2.45) is 5.92 Å². The number of sulfonamides is 1. The number of benzene rings is 1. The Labute approximate surface area is 192 Å². The van der Waals surface area contributed by atoms with Crippen molar-refractivity contribution in [3.8, 4) is 11.4 Å². The van der Waals surface area contributed by atoms with Gasteiger partial charge in [-0.15, -0.1) is 0 Å². The van der Waals surface area contributed by atoms with Gasteiger partial charge in [-0.1, -0.05) is 19.0 Å². The van der Waals surface area contributed by atoms with Crippen LogP contribution in [-0.2, 0) is 14.8 Å². The van der Waals surface area contributed by atoms with Crippen molar-refractivity contribution in [2.45, 2.75) is 37.6 Å². The number of pyridine rings is 1. The summed E-state index contributed by atoms with van der Waals surface area (Å²) >= 11 is 0. The fraction of sp³-hybridized carbons (Fsp3) is 0.364. The number of carbonyl (C=O) groups is 1. The lowest BCUT2D eigenvalue weighted by atomic mass is 10.0. The van der Waals surface area contributed by atoms with Gasteiger partial charge in [0, 0.05) is 38.0 Å². The summed E-state index contributed by atoms with van der Waals surface area (Å²) in [5.74, 6) is -0.0885. The first-order valence-electron chi connectivity index (χ1n) is 10.4. The zero-order valence-corrected chi connectivity index (χ0v) is 19.4. The van der Waals surface area contributed by atoms with Crippen molar-refractivity contribution in [3.05, 3.63) is 60.5 Å². The summed E-state index contributed by atoms with van der Waals surface area (Å²) in [5.41, 5.74) is 0.749. The SMILES string of the molecule is CC(C)C(NC(=O)CCCN(C)S(=O)(=O)c1ccc(F)cc1)c1nc(-c2ccncc2)no1. The standard InChI is InChI=1S/C22H26FN5O4S/c1-15(2)20(22-26-21(27-32-22)16-10-12-24-13-11-16)25-19(29)5-4-14-28(3)33(30,31)18-8-6-17(23)7-9-18/h6-13,15,20H,4-5,14H2,1-3H3,(H,25,29). The molecule has 9 nitrogen and oxygen atoms in total. The van der Waals surface area contributed by atoms with E-state index in [0.717, 1.165) is 22.0 Å². The van der Waals surface area contributed by atoms with E-state index in [-0.39, 0.29) is 29.7 Å².